The van der Waals surface area contributed by atoms with Gasteiger partial charge in [-0.25, -0.2) is 8.42 Å². The predicted molar refractivity (Wildman–Crippen MR) is 205 cm³/mol. The Balaban J connectivity index is 1.66. The zero-order chi connectivity index (χ0) is 38.1. The minimum Gasteiger partial charge on any atom is -0.497 e. The summed E-state index contributed by atoms with van der Waals surface area (Å²) in [5, 5.41) is 3.84. The molecule has 53 heavy (non-hydrogen) atoms. The summed E-state index contributed by atoms with van der Waals surface area (Å²) in [5.41, 5.74) is 1.36. The van der Waals surface area contributed by atoms with Gasteiger partial charge in [0.25, 0.3) is 10.0 Å². The average Bonchev–Trinajstić information content (AvgIpc) is 3.68. The number of nitrogens with one attached hydrogen (secondary N) is 1. The van der Waals surface area contributed by atoms with Crippen LogP contribution in [0.4, 0.5) is 5.69 Å². The number of halogens is 2. The molecule has 0 aliphatic heterocycles. The second kappa shape index (κ2) is 17.9. The summed E-state index contributed by atoms with van der Waals surface area (Å²) in [4.78, 5) is 30.5. The molecule has 14 heteroatoms. The fraction of sp³-hybridized carbons (Fsp3) is 0.333. The molecule has 1 aliphatic carbocycles. The van der Waals surface area contributed by atoms with Crippen molar-refractivity contribution in [2.45, 2.75) is 55.6 Å². The van der Waals surface area contributed by atoms with Gasteiger partial charge in [0.05, 0.1) is 39.0 Å². The molecule has 2 amide bonds. The number of benzene rings is 4. The molecular weight excluding hydrogens is 741 g/mol. The van der Waals surface area contributed by atoms with Gasteiger partial charge in [-0.3, -0.25) is 13.9 Å². The lowest BCUT2D eigenvalue weighted by Gasteiger charge is -2.35. The third-order valence-electron chi connectivity index (χ3n) is 9.21. The Morgan fingerprint density at radius 2 is 1.49 bits per heavy atom. The number of amides is 2. The molecule has 4 aromatic carbocycles. The second-order valence-corrected chi connectivity index (χ2v) is 15.2. The van der Waals surface area contributed by atoms with Crippen LogP contribution in [0.1, 0.15) is 36.8 Å². The summed E-state index contributed by atoms with van der Waals surface area (Å²) in [6, 6.07) is 21.9. The zero-order valence-electron chi connectivity index (χ0n) is 30.0. The average molecular weight is 785 g/mol. The molecule has 4 aromatic rings. The third-order valence-corrected chi connectivity index (χ3v) is 11.5. The summed E-state index contributed by atoms with van der Waals surface area (Å²) in [7, 11) is 1.13. The van der Waals surface area contributed by atoms with Crippen molar-refractivity contribution >= 4 is 50.7 Å². The molecule has 5 rings (SSSR count). The lowest BCUT2D eigenvalue weighted by Crippen LogP contribution is -2.54. The molecule has 0 aromatic heterocycles. The van der Waals surface area contributed by atoms with Gasteiger partial charge in [-0.15, -0.1) is 0 Å². The number of hydrogen-bond acceptors (Lipinski definition) is 8. The number of hydrogen-bond donors (Lipinski definition) is 1. The first-order valence-electron chi connectivity index (χ1n) is 17.0. The van der Waals surface area contributed by atoms with E-state index >= 15 is 0 Å². The standard InChI is InChI=1S/C39H43Cl2N3O8S/c1-49-30-16-18-35(50-2)33(22-30)44(53(47,48)31-17-19-36(51-3)37(23-31)52-4)25-38(45)43(24-27-14-15-28(40)21-32(27)41)34(20-26-10-6-5-7-11-26)39(46)42-29-12-8-9-13-29/h5-7,10-11,14-19,21-23,29,34H,8-9,12-13,20,24-25H2,1-4H3,(H,42,46)/t34-/m0/s1. The maximum atomic E-state index is 15.0. The molecule has 282 valence electrons. The summed E-state index contributed by atoms with van der Waals surface area (Å²) in [6.45, 7) is -0.850. The lowest BCUT2D eigenvalue weighted by molar-refractivity contribution is -0.140. The Kier molecular flexibility index (Phi) is 13.4. The first-order valence-corrected chi connectivity index (χ1v) is 19.2. The number of nitrogens with zero attached hydrogens (tertiary/aromatic N) is 2. The zero-order valence-corrected chi connectivity index (χ0v) is 32.3. The largest absolute Gasteiger partial charge is 0.497 e. The van der Waals surface area contributed by atoms with Crippen LogP contribution in [0.25, 0.3) is 0 Å². The molecule has 0 spiro atoms. The van der Waals surface area contributed by atoms with Gasteiger partial charge in [0.1, 0.15) is 24.1 Å². The van der Waals surface area contributed by atoms with E-state index < -0.39 is 28.5 Å². The van der Waals surface area contributed by atoms with Gasteiger partial charge in [-0.05, 0) is 60.4 Å². The van der Waals surface area contributed by atoms with E-state index in [4.69, 9.17) is 42.1 Å². The van der Waals surface area contributed by atoms with Gasteiger partial charge in [0.15, 0.2) is 11.5 Å². The van der Waals surface area contributed by atoms with Crippen molar-refractivity contribution < 1.29 is 37.0 Å². The summed E-state index contributed by atoms with van der Waals surface area (Å²) < 4.78 is 52.3. The Morgan fingerprint density at radius 1 is 0.811 bits per heavy atom. The van der Waals surface area contributed by atoms with Gasteiger partial charge >= 0.3 is 0 Å². The van der Waals surface area contributed by atoms with Gasteiger partial charge in [0.2, 0.25) is 11.8 Å². The SMILES string of the molecule is COc1ccc(OC)c(N(CC(=O)N(Cc2ccc(Cl)cc2Cl)[C@@H](Cc2ccccc2)C(=O)NC2CCCC2)S(=O)(=O)c2ccc(OC)c(OC)c2)c1. The van der Waals surface area contributed by atoms with Gasteiger partial charge in [0, 0.05) is 41.2 Å². The van der Waals surface area contributed by atoms with E-state index in [1.54, 1.807) is 30.3 Å². The van der Waals surface area contributed by atoms with Crippen LogP contribution in [-0.2, 0) is 32.6 Å². The van der Waals surface area contributed by atoms with Crippen LogP contribution >= 0.6 is 23.2 Å². The Morgan fingerprint density at radius 3 is 2.13 bits per heavy atom. The van der Waals surface area contributed by atoms with Gasteiger partial charge in [-0.2, -0.15) is 0 Å². The van der Waals surface area contributed by atoms with E-state index in [1.807, 2.05) is 30.3 Å². The van der Waals surface area contributed by atoms with Crippen LogP contribution in [0, 0.1) is 0 Å². The quantitative estimate of drug-likeness (QED) is 0.130. The highest BCUT2D eigenvalue weighted by Crippen LogP contribution is 2.38. The maximum Gasteiger partial charge on any atom is 0.265 e. The summed E-state index contributed by atoms with van der Waals surface area (Å²) in [5.74, 6) is -0.0582. The first kappa shape index (κ1) is 39.6. The predicted octanol–water partition coefficient (Wildman–Crippen LogP) is 6.92. The van der Waals surface area contributed by atoms with E-state index in [2.05, 4.69) is 5.32 Å². The number of ether oxygens (including phenoxy) is 4. The third kappa shape index (κ3) is 9.48. The van der Waals surface area contributed by atoms with Crippen LogP contribution in [-0.4, -0.2) is 72.2 Å². The Labute approximate surface area is 320 Å². The Bertz CT molecular complexity index is 2010. The van der Waals surface area contributed by atoms with Crippen LogP contribution in [0.5, 0.6) is 23.0 Å². The smallest absolute Gasteiger partial charge is 0.265 e. The van der Waals surface area contributed by atoms with Crippen LogP contribution in [0.15, 0.2) is 89.8 Å². The van der Waals surface area contributed by atoms with Crippen molar-refractivity contribution in [3.05, 3.63) is 106 Å². The normalized spacial score (nSPS) is 13.5. The van der Waals surface area contributed by atoms with Crippen molar-refractivity contribution in [3.63, 3.8) is 0 Å². The number of carbonyl (C=O) groups excluding carboxylic acids is 2. The molecule has 1 aliphatic rings. The molecule has 1 fully saturated rings. The molecule has 0 saturated heterocycles. The fourth-order valence-electron chi connectivity index (χ4n) is 6.36. The van der Waals surface area contributed by atoms with Crippen molar-refractivity contribution in [3.8, 4) is 23.0 Å². The molecular formula is C39H43Cl2N3O8S. The van der Waals surface area contributed by atoms with Crippen molar-refractivity contribution in [1.82, 2.24) is 10.2 Å². The van der Waals surface area contributed by atoms with Gasteiger partial charge in [-0.1, -0.05) is 72.4 Å². The maximum absolute atomic E-state index is 15.0. The monoisotopic (exact) mass is 783 g/mol. The van der Waals surface area contributed by atoms with Crippen LogP contribution in [0.3, 0.4) is 0 Å². The Hall–Kier alpha value is -4.65. The molecule has 11 nitrogen and oxygen atoms in total. The minimum atomic E-state index is -4.54. The molecule has 0 unspecified atom stereocenters. The van der Waals surface area contributed by atoms with E-state index in [0.717, 1.165) is 35.6 Å². The highest BCUT2D eigenvalue weighted by atomic mass is 35.5. The fourth-order valence-corrected chi connectivity index (χ4v) is 8.26. The summed E-state index contributed by atoms with van der Waals surface area (Å²) in [6.07, 6.45) is 3.79. The molecule has 1 N–H and O–H groups in total. The number of sulfonamides is 1. The highest BCUT2D eigenvalue weighted by molar-refractivity contribution is 7.92. The second-order valence-electron chi connectivity index (χ2n) is 12.5. The first-order chi connectivity index (χ1) is 25.5. The van der Waals surface area contributed by atoms with Crippen LogP contribution in [0.2, 0.25) is 10.0 Å². The van der Waals surface area contributed by atoms with Crippen molar-refractivity contribution in [1.29, 1.82) is 0 Å². The van der Waals surface area contributed by atoms with E-state index in [-0.39, 0.29) is 52.0 Å². The molecule has 1 atom stereocenters. The number of carbonyl (C=O) groups is 2. The highest BCUT2D eigenvalue weighted by Gasteiger charge is 2.37. The number of methoxy groups -OCH3 is 4. The lowest BCUT2D eigenvalue weighted by atomic mass is 10.0. The van der Waals surface area contributed by atoms with E-state index in [1.165, 1.54) is 57.6 Å². The topological polar surface area (TPSA) is 124 Å². The van der Waals surface area contributed by atoms with Crippen LogP contribution < -0.4 is 28.6 Å². The summed E-state index contributed by atoms with van der Waals surface area (Å²) >= 11 is 12.9. The van der Waals surface area contributed by atoms with Crippen molar-refractivity contribution in [2.24, 2.45) is 0 Å². The number of rotatable bonds is 16. The van der Waals surface area contributed by atoms with Crippen molar-refractivity contribution in [2.75, 3.05) is 39.3 Å². The molecule has 1 saturated carbocycles. The number of anilines is 1. The van der Waals surface area contributed by atoms with E-state index in [9.17, 15) is 18.0 Å². The molecule has 0 heterocycles. The van der Waals surface area contributed by atoms with Gasteiger partial charge < -0.3 is 29.2 Å². The molecule has 0 radical (unpaired) electrons. The minimum absolute atomic E-state index is 0.0366. The van der Waals surface area contributed by atoms with E-state index in [0.29, 0.717) is 22.1 Å². The molecule has 0 bridgehead atoms.